The number of phenolic OH excluding ortho intramolecular Hbond substituents is 1. The first-order chi connectivity index (χ1) is 8.07. The Balaban J connectivity index is 2.43. The van der Waals surface area contributed by atoms with Crippen LogP contribution in [-0.4, -0.2) is 11.7 Å². The zero-order valence-electron chi connectivity index (χ0n) is 10.9. The summed E-state index contributed by atoms with van der Waals surface area (Å²) in [5.74, 6) is 0.822. The van der Waals surface area contributed by atoms with E-state index in [-0.39, 0.29) is 5.41 Å². The molecule has 0 saturated heterocycles. The first kappa shape index (κ1) is 12.4. The summed E-state index contributed by atoms with van der Waals surface area (Å²) in [7, 11) is 0. The smallest absolute Gasteiger partial charge is 0.116 e. The van der Waals surface area contributed by atoms with Crippen molar-refractivity contribution in [3.05, 3.63) is 29.3 Å². The third-order valence-electron chi connectivity index (χ3n) is 4.17. The summed E-state index contributed by atoms with van der Waals surface area (Å²) in [5.41, 5.74) is 8.55. The molecule has 0 unspecified atom stereocenters. The molecule has 2 heteroatoms. The Kier molecular flexibility index (Phi) is 3.43. The van der Waals surface area contributed by atoms with E-state index >= 15 is 0 Å². The summed E-state index contributed by atoms with van der Waals surface area (Å²) in [6.07, 6.45) is 4.82. The van der Waals surface area contributed by atoms with Crippen molar-refractivity contribution in [2.45, 2.75) is 50.9 Å². The monoisotopic (exact) mass is 233 g/mol. The van der Waals surface area contributed by atoms with Gasteiger partial charge < -0.3 is 10.8 Å². The van der Waals surface area contributed by atoms with Gasteiger partial charge in [0.2, 0.25) is 0 Å². The molecule has 1 saturated carbocycles. The summed E-state index contributed by atoms with van der Waals surface area (Å²) in [6.45, 7) is 5.00. The Bertz CT molecular complexity index is 392. The van der Waals surface area contributed by atoms with Gasteiger partial charge in [-0.05, 0) is 42.0 Å². The molecular weight excluding hydrogens is 210 g/mol. The number of aromatic hydroxyl groups is 1. The van der Waals surface area contributed by atoms with Crippen LogP contribution in [0.3, 0.4) is 0 Å². The predicted octanol–water partition coefficient (Wildman–Crippen LogP) is 3.29. The fourth-order valence-electron chi connectivity index (χ4n) is 2.94. The molecule has 1 fully saturated rings. The van der Waals surface area contributed by atoms with Crippen LogP contribution in [-0.2, 0) is 5.41 Å². The molecule has 1 aliphatic carbocycles. The van der Waals surface area contributed by atoms with Crippen LogP contribution in [0.2, 0.25) is 0 Å². The minimum absolute atomic E-state index is 0.113. The van der Waals surface area contributed by atoms with Gasteiger partial charge in [-0.25, -0.2) is 0 Å². The molecule has 1 aliphatic rings. The maximum absolute atomic E-state index is 9.87. The van der Waals surface area contributed by atoms with Gasteiger partial charge in [0.15, 0.2) is 0 Å². The zero-order chi connectivity index (χ0) is 12.5. The third-order valence-corrected chi connectivity index (χ3v) is 4.17. The molecule has 1 aromatic carbocycles. The van der Waals surface area contributed by atoms with Crippen molar-refractivity contribution in [1.82, 2.24) is 0 Å². The van der Waals surface area contributed by atoms with Gasteiger partial charge in [-0.15, -0.1) is 0 Å². The van der Waals surface area contributed by atoms with Crippen LogP contribution in [0.4, 0.5) is 0 Å². The fraction of sp³-hybridized carbons (Fsp3) is 0.600. The summed E-state index contributed by atoms with van der Waals surface area (Å²) >= 11 is 0. The molecule has 0 atom stereocenters. The van der Waals surface area contributed by atoms with Crippen LogP contribution in [0.15, 0.2) is 18.2 Å². The molecule has 0 bridgehead atoms. The summed E-state index contributed by atoms with van der Waals surface area (Å²) in [5, 5.41) is 9.87. The quantitative estimate of drug-likeness (QED) is 0.841. The van der Waals surface area contributed by atoms with E-state index in [0.717, 1.165) is 12.8 Å². The molecule has 0 spiro atoms. The van der Waals surface area contributed by atoms with Crippen LogP contribution in [0.1, 0.15) is 56.6 Å². The molecule has 0 amide bonds. The molecule has 1 aromatic rings. The summed E-state index contributed by atoms with van der Waals surface area (Å²) in [4.78, 5) is 0. The number of nitrogens with two attached hydrogens (primary N) is 1. The van der Waals surface area contributed by atoms with Crippen molar-refractivity contribution < 1.29 is 5.11 Å². The molecule has 0 aliphatic heterocycles. The van der Waals surface area contributed by atoms with Crippen molar-refractivity contribution in [3.8, 4) is 5.75 Å². The second-order valence-corrected chi connectivity index (χ2v) is 5.66. The Hall–Kier alpha value is -1.02. The first-order valence-corrected chi connectivity index (χ1v) is 6.62. The second kappa shape index (κ2) is 4.69. The first-order valence-electron chi connectivity index (χ1n) is 6.62. The van der Waals surface area contributed by atoms with Crippen LogP contribution in [0.5, 0.6) is 5.75 Å². The van der Waals surface area contributed by atoms with Gasteiger partial charge in [-0.1, -0.05) is 32.8 Å². The van der Waals surface area contributed by atoms with Crippen molar-refractivity contribution >= 4 is 0 Å². The molecule has 94 valence electrons. The lowest BCUT2D eigenvalue weighted by molar-refractivity contribution is 0.440. The molecule has 0 aromatic heterocycles. The normalized spacial score (nSPS) is 18.8. The highest BCUT2D eigenvalue weighted by Gasteiger charge is 2.34. The lowest BCUT2D eigenvalue weighted by Gasteiger charge is -2.29. The van der Waals surface area contributed by atoms with Crippen molar-refractivity contribution in [1.29, 1.82) is 0 Å². The van der Waals surface area contributed by atoms with E-state index in [0.29, 0.717) is 18.2 Å². The molecule has 2 rings (SSSR count). The standard InChI is InChI=1S/C15H23NO/c1-11(2)12-7-13(9-14(17)8-12)15(10-16)5-3-4-6-15/h7-9,11,17H,3-6,10,16H2,1-2H3. The fourth-order valence-corrected chi connectivity index (χ4v) is 2.94. The van der Waals surface area contributed by atoms with Gasteiger partial charge in [0.1, 0.15) is 5.75 Å². The number of hydrogen-bond acceptors (Lipinski definition) is 2. The predicted molar refractivity (Wildman–Crippen MR) is 71.4 cm³/mol. The van der Waals surface area contributed by atoms with Crippen LogP contribution in [0, 0.1) is 0 Å². The zero-order valence-corrected chi connectivity index (χ0v) is 10.9. The van der Waals surface area contributed by atoms with Gasteiger partial charge in [-0.3, -0.25) is 0 Å². The maximum Gasteiger partial charge on any atom is 0.116 e. The van der Waals surface area contributed by atoms with Crippen LogP contribution in [0.25, 0.3) is 0 Å². The average Bonchev–Trinajstić information content (AvgIpc) is 2.78. The van der Waals surface area contributed by atoms with Crippen LogP contribution < -0.4 is 5.73 Å². The van der Waals surface area contributed by atoms with E-state index < -0.39 is 0 Å². The highest BCUT2D eigenvalue weighted by molar-refractivity contribution is 5.40. The van der Waals surface area contributed by atoms with E-state index in [1.54, 1.807) is 0 Å². The minimum Gasteiger partial charge on any atom is -0.508 e. The van der Waals surface area contributed by atoms with E-state index in [9.17, 15) is 5.11 Å². The van der Waals surface area contributed by atoms with E-state index in [1.165, 1.54) is 24.0 Å². The summed E-state index contributed by atoms with van der Waals surface area (Å²) < 4.78 is 0. The molecule has 3 N–H and O–H groups in total. The Morgan fingerprint density at radius 2 is 1.88 bits per heavy atom. The summed E-state index contributed by atoms with van der Waals surface area (Å²) in [6, 6.07) is 6.01. The Morgan fingerprint density at radius 3 is 2.41 bits per heavy atom. The molecule has 0 radical (unpaired) electrons. The average molecular weight is 233 g/mol. The van der Waals surface area contributed by atoms with Gasteiger partial charge in [0.05, 0.1) is 0 Å². The van der Waals surface area contributed by atoms with Gasteiger partial charge in [0.25, 0.3) is 0 Å². The second-order valence-electron chi connectivity index (χ2n) is 5.66. The topological polar surface area (TPSA) is 46.2 Å². The van der Waals surface area contributed by atoms with Crippen molar-refractivity contribution in [3.63, 3.8) is 0 Å². The van der Waals surface area contributed by atoms with Crippen molar-refractivity contribution in [2.75, 3.05) is 6.54 Å². The largest absolute Gasteiger partial charge is 0.508 e. The van der Waals surface area contributed by atoms with E-state index in [4.69, 9.17) is 5.73 Å². The Morgan fingerprint density at radius 1 is 1.24 bits per heavy atom. The minimum atomic E-state index is 0.113. The van der Waals surface area contributed by atoms with Gasteiger partial charge >= 0.3 is 0 Å². The number of phenols is 1. The third kappa shape index (κ3) is 2.32. The van der Waals surface area contributed by atoms with Crippen LogP contribution >= 0.6 is 0 Å². The molecule has 17 heavy (non-hydrogen) atoms. The highest BCUT2D eigenvalue weighted by atomic mass is 16.3. The number of benzene rings is 1. The molecule has 0 heterocycles. The molecule has 2 nitrogen and oxygen atoms in total. The Labute approximate surface area is 104 Å². The van der Waals surface area contributed by atoms with E-state index in [2.05, 4.69) is 19.9 Å². The number of rotatable bonds is 3. The lowest BCUT2D eigenvalue weighted by Crippen LogP contribution is -2.32. The van der Waals surface area contributed by atoms with Crippen molar-refractivity contribution in [2.24, 2.45) is 5.73 Å². The SMILES string of the molecule is CC(C)c1cc(O)cc(C2(CN)CCCC2)c1. The maximum atomic E-state index is 9.87. The lowest BCUT2D eigenvalue weighted by atomic mass is 9.78. The number of hydrogen-bond donors (Lipinski definition) is 2. The highest BCUT2D eigenvalue weighted by Crippen LogP contribution is 2.42. The van der Waals surface area contributed by atoms with E-state index in [1.807, 2.05) is 12.1 Å². The molecular formula is C15H23NO. The van der Waals surface area contributed by atoms with Gasteiger partial charge in [-0.2, -0.15) is 0 Å². The van der Waals surface area contributed by atoms with Gasteiger partial charge in [0, 0.05) is 12.0 Å².